The van der Waals surface area contributed by atoms with E-state index < -0.39 is 6.10 Å². The number of nitrogens with one attached hydrogen (secondary N) is 1. The first-order valence-corrected chi connectivity index (χ1v) is 7.71. The molecule has 0 heterocycles. The van der Waals surface area contributed by atoms with Gasteiger partial charge in [0.2, 0.25) is 0 Å². The zero-order chi connectivity index (χ0) is 16.2. The van der Waals surface area contributed by atoms with Crippen molar-refractivity contribution in [2.75, 3.05) is 5.32 Å². The summed E-state index contributed by atoms with van der Waals surface area (Å²) in [5, 5.41) is 5.72. The standard InChI is InChI=1S/C19H16ClNO2/c1-13(23-18-10-7-16(20)8-11-18)19(22)21-17-9-6-14-4-2-3-5-15(14)12-17/h2-13H,1H3,(H,21,22)/t13-/m1/s1. The van der Waals surface area contributed by atoms with Gasteiger partial charge in [0, 0.05) is 10.7 Å². The van der Waals surface area contributed by atoms with E-state index in [1.165, 1.54) is 0 Å². The summed E-state index contributed by atoms with van der Waals surface area (Å²) < 4.78 is 5.62. The third-order valence-corrected chi connectivity index (χ3v) is 3.76. The maximum absolute atomic E-state index is 12.3. The van der Waals surface area contributed by atoms with Crippen LogP contribution < -0.4 is 10.1 Å². The molecule has 0 unspecified atom stereocenters. The Hall–Kier alpha value is -2.52. The van der Waals surface area contributed by atoms with E-state index in [-0.39, 0.29) is 5.91 Å². The molecule has 1 atom stereocenters. The number of amides is 1. The molecule has 0 aromatic heterocycles. The fourth-order valence-electron chi connectivity index (χ4n) is 2.28. The minimum atomic E-state index is -0.609. The van der Waals surface area contributed by atoms with Gasteiger partial charge in [-0.15, -0.1) is 0 Å². The summed E-state index contributed by atoms with van der Waals surface area (Å²) in [6.45, 7) is 1.71. The molecule has 3 rings (SSSR count). The third kappa shape index (κ3) is 3.82. The van der Waals surface area contributed by atoms with Gasteiger partial charge in [0.05, 0.1) is 0 Å². The molecular weight excluding hydrogens is 310 g/mol. The lowest BCUT2D eigenvalue weighted by Gasteiger charge is -2.15. The average molecular weight is 326 g/mol. The van der Waals surface area contributed by atoms with Crippen molar-refractivity contribution in [2.24, 2.45) is 0 Å². The minimum Gasteiger partial charge on any atom is -0.481 e. The van der Waals surface area contributed by atoms with E-state index in [4.69, 9.17) is 16.3 Å². The van der Waals surface area contributed by atoms with Crippen molar-refractivity contribution in [1.82, 2.24) is 0 Å². The van der Waals surface area contributed by atoms with Crippen LogP contribution in [0.5, 0.6) is 5.75 Å². The van der Waals surface area contributed by atoms with E-state index >= 15 is 0 Å². The highest BCUT2D eigenvalue weighted by atomic mass is 35.5. The van der Waals surface area contributed by atoms with Crippen LogP contribution in [0.1, 0.15) is 6.92 Å². The van der Waals surface area contributed by atoms with Gasteiger partial charge >= 0.3 is 0 Å². The van der Waals surface area contributed by atoms with Crippen molar-refractivity contribution >= 4 is 34.0 Å². The van der Waals surface area contributed by atoms with Gasteiger partial charge < -0.3 is 10.1 Å². The number of fused-ring (bicyclic) bond motifs is 1. The number of carbonyl (C=O) groups excluding carboxylic acids is 1. The third-order valence-electron chi connectivity index (χ3n) is 3.51. The zero-order valence-corrected chi connectivity index (χ0v) is 13.4. The summed E-state index contributed by atoms with van der Waals surface area (Å²) in [6, 6.07) is 20.8. The van der Waals surface area contributed by atoms with Gasteiger partial charge in [0.15, 0.2) is 6.10 Å². The molecule has 3 aromatic rings. The first-order chi connectivity index (χ1) is 11.1. The Morgan fingerprint density at radius 3 is 2.43 bits per heavy atom. The molecule has 0 bridgehead atoms. The van der Waals surface area contributed by atoms with Crippen LogP contribution in [0.25, 0.3) is 10.8 Å². The van der Waals surface area contributed by atoms with Crippen LogP contribution in [0.2, 0.25) is 5.02 Å². The second-order valence-electron chi connectivity index (χ2n) is 5.27. The van der Waals surface area contributed by atoms with Crippen molar-refractivity contribution in [2.45, 2.75) is 13.0 Å². The molecule has 1 amide bonds. The van der Waals surface area contributed by atoms with Gasteiger partial charge in [0.25, 0.3) is 5.91 Å². The number of halogens is 1. The Morgan fingerprint density at radius 1 is 1.00 bits per heavy atom. The van der Waals surface area contributed by atoms with Crippen LogP contribution in [0, 0.1) is 0 Å². The van der Waals surface area contributed by atoms with E-state index in [0.29, 0.717) is 10.8 Å². The number of hydrogen-bond acceptors (Lipinski definition) is 2. The lowest BCUT2D eigenvalue weighted by molar-refractivity contribution is -0.122. The molecule has 1 N–H and O–H groups in total. The molecular formula is C19H16ClNO2. The molecule has 0 aliphatic carbocycles. The summed E-state index contributed by atoms with van der Waals surface area (Å²) >= 11 is 5.83. The number of carbonyl (C=O) groups is 1. The maximum Gasteiger partial charge on any atom is 0.265 e. The molecule has 0 fully saturated rings. The van der Waals surface area contributed by atoms with E-state index in [0.717, 1.165) is 16.5 Å². The first-order valence-electron chi connectivity index (χ1n) is 7.34. The van der Waals surface area contributed by atoms with Crippen LogP contribution in [0.3, 0.4) is 0 Å². The normalized spacial score (nSPS) is 11.9. The maximum atomic E-state index is 12.3. The number of ether oxygens (including phenoxy) is 1. The van der Waals surface area contributed by atoms with Gasteiger partial charge in [-0.3, -0.25) is 4.79 Å². The fraction of sp³-hybridized carbons (Fsp3) is 0.105. The zero-order valence-electron chi connectivity index (χ0n) is 12.6. The van der Waals surface area contributed by atoms with E-state index in [1.807, 2.05) is 42.5 Å². The quantitative estimate of drug-likeness (QED) is 0.741. The molecule has 0 saturated carbocycles. The number of anilines is 1. The predicted molar refractivity (Wildman–Crippen MR) is 94.1 cm³/mol. The first kappa shape index (κ1) is 15.4. The van der Waals surface area contributed by atoms with E-state index in [9.17, 15) is 4.79 Å². The van der Waals surface area contributed by atoms with Crippen molar-refractivity contribution in [1.29, 1.82) is 0 Å². The monoisotopic (exact) mass is 325 g/mol. The van der Waals surface area contributed by atoms with Gasteiger partial charge in [0.1, 0.15) is 5.75 Å². The second kappa shape index (κ2) is 6.71. The Morgan fingerprint density at radius 2 is 1.70 bits per heavy atom. The average Bonchev–Trinajstić information content (AvgIpc) is 2.56. The Bertz CT molecular complexity index is 830. The number of hydrogen-bond donors (Lipinski definition) is 1. The van der Waals surface area contributed by atoms with Crippen LogP contribution in [0.15, 0.2) is 66.7 Å². The molecule has 3 nitrogen and oxygen atoms in total. The lowest BCUT2D eigenvalue weighted by atomic mass is 10.1. The lowest BCUT2D eigenvalue weighted by Crippen LogP contribution is -2.30. The molecule has 0 spiro atoms. The van der Waals surface area contributed by atoms with Gasteiger partial charge in [-0.25, -0.2) is 0 Å². The summed E-state index contributed by atoms with van der Waals surface area (Å²) in [6.07, 6.45) is -0.609. The molecule has 4 heteroatoms. The number of benzene rings is 3. The molecule has 0 radical (unpaired) electrons. The minimum absolute atomic E-state index is 0.199. The van der Waals surface area contributed by atoms with Gasteiger partial charge in [-0.05, 0) is 54.1 Å². The topological polar surface area (TPSA) is 38.3 Å². The summed E-state index contributed by atoms with van der Waals surface area (Å²) in [5.41, 5.74) is 0.750. The second-order valence-corrected chi connectivity index (χ2v) is 5.70. The summed E-state index contributed by atoms with van der Waals surface area (Å²) in [4.78, 5) is 12.3. The van der Waals surface area contributed by atoms with Crippen molar-refractivity contribution < 1.29 is 9.53 Å². The molecule has 0 aliphatic heterocycles. The Labute approximate surface area is 139 Å². The van der Waals surface area contributed by atoms with E-state index in [2.05, 4.69) is 5.32 Å². The van der Waals surface area contributed by atoms with Crippen LogP contribution >= 0.6 is 11.6 Å². The van der Waals surface area contributed by atoms with E-state index in [1.54, 1.807) is 31.2 Å². The highest BCUT2D eigenvalue weighted by Gasteiger charge is 2.15. The van der Waals surface area contributed by atoms with Gasteiger partial charge in [-0.1, -0.05) is 41.9 Å². The molecule has 0 saturated heterocycles. The molecule has 23 heavy (non-hydrogen) atoms. The molecule has 0 aliphatic rings. The Kier molecular flexibility index (Phi) is 4.49. The number of rotatable bonds is 4. The molecule has 3 aromatic carbocycles. The van der Waals surface area contributed by atoms with Crippen LogP contribution in [0.4, 0.5) is 5.69 Å². The van der Waals surface area contributed by atoms with Gasteiger partial charge in [-0.2, -0.15) is 0 Å². The smallest absolute Gasteiger partial charge is 0.265 e. The van der Waals surface area contributed by atoms with Crippen molar-refractivity contribution in [3.05, 3.63) is 71.8 Å². The highest BCUT2D eigenvalue weighted by molar-refractivity contribution is 6.30. The molecule has 116 valence electrons. The largest absolute Gasteiger partial charge is 0.481 e. The predicted octanol–water partition coefficient (Wildman–Crippen LogP) is 4.90. The Balaban J connectivity index is 1.68. The summed E-state index contributed by atoms with van der Waals surface area (Å²) in [5.74, 6) is 0.408. The van der Waals surface area contributed by atoms with Crippen LogP contribution in [-0.2, 0) is 4.79 Å². The fourth-order valence-corrected chi connectivity index (χ4v) is 2.41. The highest BCUT2D eigenvalue weighted by Crippen LogP contribution is 2.20. The summed E-state index contributed by atoms with van der Waals surface area (Å²) in [7, 11) is 0. The van der Waals surface area contributed by atoms with Crippen molar-refractivity contribution in [3.8, 4) is 5.75 Å². The van der Waals surface area contributed by atoms with Crippen LogP contribution in [-0.4, -0.2) is 12.0 Å². The van der Waals surface area contributed by atoms with Crippen molar-refractivity contribution in [3.63, 3.8) is 0 Å². The SMILES string of the molecule is C[C@@H](Oc1ccc(Cl)cc1)C(=O)Nc1ccc2ccccc2c1.